The van der Waals surface area contributed by atoms with Gasteiger partial charge in [-0.05, 0) is 24.0 Å². The zero-order valence-corrected chi connectivity index (χ0v) is 16.2. The Morgan fingerprint density at radius 3 is 2.31 bits per heavy atom. The molecule has 3 N–H and O–H groups in total. The molecule has 0 spiro atoms. The number of nitrogens with zero attached hydrogens (tertiary/aromatic N) is 1. The van der Waals surface area contributed by atoms with Gasteiger partial charge in [-0.15, -0.1) is 0 Å². The maximum atomic E-state index is 12.8. The van der Waals surface area contributed by atoms with Crippen LogP contribution >= 0.6 is 0 Å². The van der Waals surface area contributed by atoms with Gasteiger partial charge in [-0.1, -0.05) is 60.7 Å². The third-order valence-corrected chi connectivity index (χ3v) is 4.95. The molecule has 7 heteroatoms. The monoisotopic (exact) mass is 398 g/mol. The lowest BCUT2D eigenvalue weighted by molar-refractivity contribution is -0.136. The Morgan fingerprint density at radius 2 is 1.69 bits per heavy atom. The SMILES string of the molecule is O=C(N[C@](O)(CO)Cc1ccccc1)[C@@H]1CCCN1C(=O)OCc1ccccc1. The second kappa shape index (κ2) is 9.54. The summed E-state index contributed by atoms with van der Waals surface area (Å²) in [5.74, 6) is -0.508. The molecule has 0 bridgehead atoms. The molecule has 2 aromatic carbocycles. The van der Waals surface area contributed by atoms with Crippen LogP contribution in [0.3, 0.4) is 0 Å². The molecule has 0 saturated carbocycles. The zero-order valence-electron chi connectivity index (χ0n) is 16.2. The molecule has 0 unspecified atom stereocenters. The van der Waals surface area contributed by atoms with Crippen LogP contribution in [0.4, 0.5) is 4.79 Å². The van der Waals surface area contributed by atoms with Crippen LogP contribution in [0.25, 0.3) is 0 Å². The van der Waals surface area contributed by atoms with Crippen LogP contribution in [0.5, 0.6) is 0 Å². The predicted molar refractivity (Wildman–Crippen MR) is 107 cm³/mol. The van der Waals surface area contributed by atoms with Crippen molar-refractivity contribution >= 4 is 12.0 Å². The number of carbonyl (C=O) groups excluding carboxylic acids is 2. The molecule has 29 heavy (non-hydrogen) atoms. The summed E-state index contributed by atoms with van der Waals surface area (Å²) in [5, 5.41) is 22.8. The number of hydrogen-bond donors (Lipinski definition) is 3. The second-order valence-electron chi connectivity index (χ2n) is 7.23. The van der Waals surface area contributed by atoms with E-state index in [1.165, 1.54) is 4.90 Å². The van der Waals surface area contributed by atoms with Gasteiger partial charge in [-0.25, -0.2) is 4.79 Å². The quantitative estimate of drug-likeness (QED) is 0.618. The number of rotatable bonds is 7. The van der Waals surface area contributed by atoms with E-state index in [0.717, 1.165) is 11.1 Å². The Balaban J connectivity index is 1.60. The Bertz CT molecular complexity index is 814. The van der Waals surface area contributed by atoms with Gasteiger partial charge < -0.3 is 20.3 Å². The van der Waals surface area contributed by atoms with Crippen molar-refractivity contribution in [2.24, 2.45) is 0 Å². The molecular formula is C22H26N2O5. The van der Waals surface area contributed by atoms with E-state index in [9.17, 15) is 19.8 Å². The van der Waals surface area contributed by atoms with Gasteiger partial charge in [0, 0.05) is 13.0 Å². The van der Waals surface area contributed by atoms with Crippen LogP contribution in [0, 0.1) is 0 Å². The summed E-state index contributed by atoms with van der Waals surface area (Å²) in [7, 11) is 0. The van der Waals surface area contributed by atoms with Gasteiger partial charge in [0.25, 0.3) is 0 Å². The van der Waals surface area contributed by atoms with E-state index in [1.54, 1.807) is 12.1 Å². The minimum atomic E-state index is -1.80. The summed E-state index contributed by atoms with van der Waals surface area (Å²) < 4.78 is 5.34. The number of aliphatic hydroxyl groups excluding tert-OH is 1. The first-order valence-electron chi connectivity index (χ1n) is 9.67. The van der Waals surface area contributed by atoms with Crippen molar-refractivity contribution in [2.75, 3.05) is 13.2 Å². The summed E-state index contributed by atoms with van der Waals surface area (Å²) in [4.78, 5) is 26.6. The molecule has 2 aromatic rings. The third kappa shape index (κ3) is 5.56. The molecule has 0 aliphatic carbocycles. The summed E-state index contributed by atoms with van der Waals surface area (Å²) in [6.07, 6.45) is 0.622. The van der Waals surface area contributed by atoms with Crippen LogP contribution in [-0.2, 0) is 22.6 Å². The van der Waals surface area contributed by atoms with Crippen LogP contribution in [0.1, 0.15) is 24.0 Å². The van der Waals surface area contributed by atoms with E-state index in [2.05, 4.69) is 5.32 Å². The van der Waals surface area contributed by atoms with E-state index in [-0.39, 0.29) is 13.0 Å². The fourth-order valence-corrected chi connectivity index (χ4v) is 3.45. The summed E-state index contributed by atoms with van der Waals surface area (Å²) in [6, 6.07) is 17.6. The van der Waals surface area contributed by atoms with E-state index in [1.807, 2.05) is 48.5 Å². The molecule has 0 radical (unpaired) electrons. The van der Waals surface area contributed by atoms with Crippen molar-refractivity contribution in [3.05, 3.63) is 71.8 Å². The number of aliphatic hydroxyl groups is 2. The van der Waals surface area contributed by atoms with Gasteiger partial charge in [0.05, 0.1) is 6.61 Å². The van der Waals surface area contributed by atoms with Gasteiger partial charge in [0.1, 0.15) is 12.6 Å². The Kier molecular flexibility index (Phi) is 6.85. The smallest absolute Gasteiger partial charge is 0.410 e. The van der Waals surface area contributed by atoms with Crippen molar-refractivity contribution in [1.82, 2.24) is 10.2 Å². The van der Waals surface area contributed by atoms with E-state index in [0.29, 0.717) is 19.4 Å². The summed E-state index contributed by atoms with van der Waals surface area (Å²) >= 11 is 0. The maximum Gasteiger partial charge on any atom is 0.410 e. The molecule has 1 fully saturated rings. The number of likely N-dealkylation sites (tertiary alicyclic amines) is 1. The normalized spacial score (nSPS) is 18.1. The number of benzene rings is 2. The standard InChI is InChI=1S/C22H26N2O5/c25-16-22(28,14-17-8-3-1-4-9-17)23-20(26)19-12-7-13-24(19)21(27)29-15-18-10-5-2-6-11-18/h1-6,8-11,19,25,28H,7,12-16H2,(H,23,26)/t19-,22+/m0/s1. The number of hydrogen-bond acceptors (Lipinski definition) is 5. The fraction of sp³-hybridized carbons (Fsp3) is 0.364. The largest absolute Gasteiger partial charge is 0.445 e. The van der Waals surface area contributed by atoms with E-state index in [4.69, 9.17) is 4.74 Å². The molecular weight excluding hydrogens is 372 g/mol. The lowest BCUT2D eigenvalue weighted by Crippen LogP contribution is -2.58. The predicted octanol–water partition coefficient (Wildman–Crippen LogP) is 1.83. The number of carbonyl (C=O) groups is 2. The highest BCUT2D eigenvalue weighted by atomic mass is 16.6. The summed E-state index contributed by atoms with van der Waals surface area (Å²) in [5.41, 5.74) is -0.172. The Hall–Kier alpha value is -2.90. The lowest BCUT2D eigenvalue weighted by atomic mass is 10.0. The molecule has 2 atom stereocenters. The molecule has 0 aromatic heterocycles. The average Bonchev–Trinajstić information content (AvgIpc) is 3.24. The molecule has 3 rings (SSSR count). The Morgan fingerprint density at radius 1 is 1.07 bits per heavy atom. The average molecular weight is 398 g/mol. The highest BCUT2D eigenvalue weighted by molar-refractivity contribution is 5.86. The third-order valence-electron chi connectivity index (χ3n) is 4.95. The molecule has 1 saturated heterocycles. The van der Waals surface area contributed by atoms with Crippen molar-refractivity contribution in [1.29, 1.82) is 0 Å². The lowest BCUT2D eigenvalue weighted by Gasteiger charge is -2.31. The molecule has 1 aliphatic rings. The highest BCUT2D eigenvalue weighted by Crippen LogP contribution is 2.20. The number of amides is 2. The molecule has 1 heterocycles. The van der Waals surface area contributed by atoms with Crippen molar-refractivity contribution < 1.29 is 24.5 Å². The maximum absolute atomic E-state index is 12.8. The van der Waals surface area contributed by atoms with Gasteiger partial charge in [-0.2, -0.15) is 0 Å². The number of ether oxygens (including phenoxy) is 1. The van der Waals surface area contributed by atoms with Crippen molar-refractivity contribution in [2.45, 2.75) is 37.6 Å². The number of nitrogens with one attached hydrogen (secondary N) is 1. The second-order valence-corrected chi connectivity index (χ2v) is 7.23. The molecule has 2 amide bonds. The fourth-order valence-electron chi connectivity index (χ4n) is 3.45. The Labute approximate surface area is 169 Å². The van der Waals surface area contributed by atoms with Crippen LogP contribution in [0.15, 0.2) is 60.7 Å². The van der Waals surface area contributed by atoms with E-state index >= 15 is 0 Å². The minimum absolute atomic E-state index is 0.0568. The van der Waals surface area contributed by atoms with Gasteiger partial charge in [0.2, 0.25) is 5.91 Å². The van der Waals surface area contributed by atoms with Crippen molar-refractivity contribution in [3.63, 3.8) is 0 Å². The molecule has 7 nitrogen and oxygen atoms in total. The van der Waals surface area contributed by atoms with Gasteiger partial charge in [0.15, 0.2) is 5.72 Å². The molecule has 154 valence electrons. The topological polar surface area (TPSA) is 99.1 Å². The first-order chi connectivity index (χ1) is 14.0. The van der Waals surface area contributed by atoms with Gasteiger partial charge in [-0.3, -0.25) is 9.69 Å². The molecule has 1 aliphatic heterocycles. The van der Waals surface area contributed by atoms with E-state index < -0.39 is 30.4 Å². The first-order valence-corrected chi connectivity index (χ1v) is 9.67. The highest BCUT2D eigenvalue weighted by Gasteiger charge is 2.38. The van der Waals surface area contributed by atoms with Crippen LogP contribution in [0.2, 0.25) is 0 Å². The van der Waals surface area contributed by atoms with Gasteiger partial charge >= 0.3 is 6.09 Å². The van der Waals surface area contributed by atoms with Crippen molar-refractivity contribution in [3.8, 4) is 0 Å². The first kappa shape index (κ1) is 20.8. The summed E-state index contributed by atoms with van der Waals surface area (Å²) in [6.45, 7) is -0.111. The van der Waals surface area contributed by atoms with Crippen LogP contribution in [-0.4, -0.2) is 52.0 Å². The van der Waals surface area contributed by atoms with Crippen LogP contribution < -0.4 is 5.32 Å². The zero-order chi connectivity index (χ0) is 20.7. The minimum Gasteiger partial charge on any atom is -0.445 e.